The van der Waals surface area contributed by atoms with Gasteiger partial charge in [0.15, 0.2) is 5.78 Å². The number of nitrogens with one attached hydrogen (secondary N) is 1. The summed E-state index contributed by atoms with van der Waals surface area (Å²) in [6.07, 6.45) is 0.900. The smallest absolute Gasteiger partial charge is 0.193 e. The van der Waals surface area contributed by atoms with Gasteiger partial charge in [-0.3, -0.25) is 4.79 Å². The second kappa shape index (κ2) is 5.39. The zero-order chi connectivity index (χ0) is 14.1. The Morgan fingerprint density at radius 3 is 2.90 bits per heavy atom. The number of hydrogen-bond donors (Lipinski definition) is 1. The average molecular weight is 286 g/mol. The van der Waals surface area contributed by atoms with Crippen molar-refractivity contribution >= 4 is 17.4 Å². The van der Waals surface area contributed by atoms with Crippen LogP contribution >= 0.6 is 11.6 Å². The van der Waals surface area contributed by atoms with Crippen LogP contribution in [-0.2, 0) is 13.0 Å². The summed E-state index contributed by atoms with van der Waals surface area (Å²) in [7, 11) is 0. The third kappa shape index (κ3) is 2.37. The molecule has 3 heteroatoms. The van der Waals surface area contributed by atoms with Crippen molar-refractivity contribution in [3.8, 4) is 0 Å². The summed E-state index contributed by atoms with van der Waals surface area (Å²) in [5, 5.41) is 3.97. The van der Waals surface area contributed by atoms with Gasteiger partial charge in [0, 0.05) is 22.7 Å². The van der Waals surface area contributed by atoms with Crippen molar-refractivity contribution in [2.75, 3.05) is 6.54 Å². The maximum absolute atomic E-state index is 12.7. The van der Waals surface area contributed by atoms with Gasteiger partial charge in [0.2, 0.25) is 0 Å². The summed E-state index contributed by atoms with van der Waals surface area (Å²) in [6.45, 7) is 3.70. The van der Waals surface area contributed by atoms with Crippen LogP contribution in [0.25, 0.3) is 0 Å². The van der Waals surface area contributed by atoms with Crippen LogP contribution in [0.2, 0.25) is 5.02 Å². The molecule has 20 heavy (non-hydrogen) atoms. The van der Waals surface area contributed by atoms with Crippen molar-refractivity contribution in [2.24, 2.45) is 0 Å². The van der Waals surface area contributed by atoms with Gasteiger partial charge >= 0.3 is 0 Å². The van der Waals surface area contributed by atoms with E-state index < -0.39 is 0 Å². The van der Waals surface area contributed by atoms with Crippen LogP contribution in [0.4, 0.5) is 0 Å². The number of ketones is 1. The lowest BCUT2D eigenvalue weighted by Crippen LogP contribution is -2.25. The van der Waals surface area contributed by atoms with Crippen molar-refractivity contribution in [3.05, 3.63) is 69.2 Å². The molecule has 0 atom stereocenters. The molecule has 102 valence electrons. The summed E-state index contributed by atoms with van der Waals surface area (Å²) in [5.41, 5.74) is 4.85. The molecule has 0 fully saturated rings. The van der Waals surface area contributed by atoms with E-state index in [9.17, 15) is 4.79 Å². The minimum atomic E-state index is 0.0608. The van der Waals surface area contributed by atoms with Gasteiger partial charge in [-0.2, -0.15) is 0 Å². The van der Waals surface area contributed by atoms with Gasteiger partial charge < -0.3 is 5.32 Å². The van der Waals surface area contributed by atoms with Crippen LogP contribution in [0.3, 0.4) is 0 Å². The zero-order valence-corrected chi connectivity index (χ0v) is 12.1. The Morgan fingerprint density at radius 1 is 1.25 bits per heavy atom. The van der Waals surface area contributed by atoms with Crippen LogP contribution in [0.1, 0.15) is 32.6 Å². The fourth-order valence-corrected chi connectivity index (χ4v) is 2.81. The molecule has 0 saturated carbocycles. The zero-order valence-electron chi connectivity index (χ0n) is 11.4. The highest BCUT2D eigenvalue weighted by Crippen LogP contribution is 2.24. The van der Waals surface area contributed by atoms with Crippen LogP contribution in [-0.4, -0.2) is 12.3 Å². The predicted molar refractivity (Wildman–Crippen MR) is 81.5 cm³/mol. The number of carbonyl (C=O) groups is 1. The van der Waals surface area contributed by atoms with Gasteiger partial charge in [-0.25, -0.2) is 0 Å². The third-order valence-electron chi connectivity index (χ3n) is 3.82. The first-order valence-corrected chi connectivity index (χ1v) is 7.17. The summed E-state index contributed by atoms with van der Waals surface area (Å²) in [6, 6.07) is 11.5. The second-order valence-electron chi connectivity index (χ2n) is 5.16. The minimum Gasteiger partial charge on any atom is -0.312 e. The summed E-state index contributed by atoms with van der Waals surface area (Å²) in [5.74, 6) is 0.0608. The van der Waals surface area contributed by atoms with Gasteiger partial charge in [-0.15, -0.1) is 0 Å². The fraction of sp³-hybridized carbons (Fsp3) is 0.235. The Balaban J connectivity index is 2.04. The quantitative estimate of drug-likeness (QED) is 0.856. The number of benzene rings is 2. The van der Waals surface area contributed by atoms with Gasteiger partial charge in [-0.1, -0.05) is 41.9 Å². The molecule has 1 heterocycles. The third-order valence-corrected chi connectivity index (χ3v) is 4.23. The molecule has 1 aliphatic rings. The Morgan fingerprint density at radius 2 is 2.10 bits per heavy atom. The summed E-state index contributed by atoms with van der Waals surface area (Å²) >= 11 is 6.13. The van der Waals surface area contributed by atoms with Crippen molar-refractivity contribution in [3.63, 3.8) is 0 Å². The lowest BCUT2D eigenvalue weighted by atomic mass is 9.91. The number of carbonyl (C=O) groups excluding carboxylic acids is 1. The highest BCUT2D eigenvalue weighted by molar-refractivity contribution is 6.31. The molecule has 2 aromatic rings. The Hall–Kier alpha value is -1.64. The van der Waals surface area contributed by atoms with E-state index in [-0.39, 0.29) is 5.78 Å². The molecular formula is C17H16ClNO. The molecular weight excluding hydrogens is 270 g/mol. The molecule has 1 N–H and O–H groups in total. The fourth-order valence-electron chi connectivity index (χ4n) is 2.63. The molecule has 0 unspecified atom stereocenters. The lowest BCUT2D eigenvalue weighted by Gasteiger charge is -2.19. The Labute approximate surface area is 123 Å². The van der Waals surface area contributed by atoms with E-state index in [2.05, 4.69) is 11.4 Å². The lowest BCUT2D eigenvalue weighted by molar-refractivity contribution is 0.103. The van der Waals surface area contributed by atoms with Gasteiger partial charge in [0.25, 0.3) is 0 Å². The SMILES string of the molecule is Cc1ccc(C(=O)c2cccc3c2CCNC3)cc1Cl. The first-order valence-electron chi connectivity index (χ1n) is 6.79. The number of hydrogen-bond acceptors (Lipinski definition) is 2. The average Bonchev–Trinajstić information content (AvgIpc) is 2.49. The molecule has 0 aromatic heterocycles. The molecule has 0 amide bonds. The van der Waals surface area contributed by atoms with Crippen LogP contribution in [0.15, 0.2) is 36.4 Å². The number of aryl methyl sites for hydroxylation is 1. The van der Waals surface area contributed by atoms with Crippen molar-refractivity contribution in [2.45, 2.75) is 19.9 Å². The van der Waals surface area contributed by atoms with Crippen LogP contribution in [0, 0.1) is 6.92 Å². The normalized spacial score (nSPS) is 13.9. The van der Waals surface area contributed by atoms with E-state index in [0.29, 0.717) is 10.6 Å². The first-order chi connectivity index (χ1) is 9.66. The van der Waals surface area contributed by atoms with Gasteiger partial charge in [0.1, 0.15) is 0 Å². The molecule has 0 bridgehead atoms. The molecule has 3 rings (SSSR count). The Bertz CT molecular complexity index is 679. The molecule has 0 saturated heterocycles. The number of rotatable bonds is 2. The molecule has 0 radical (unpaired) electrons. The van der Waals surface area contributed by atoms with E-state index >= 15 is 0 Å². The highest BCUT2D eigenvalue weighted by atomic mass is 35.5. The molecule has 0 spiro atoms. The largest absolute Gasteiger partial charge is 0.312 e. The van der Waals surface area contributed by atoms with E-state index in [4.69, 9.17) is 11.6 Å². The second-order valence-corrected chi connectivity index (χ2v) is 5.57. The van der Waals surface area contributed by atoms with Gasteiger partial charge in [-0.05, 0) is 42.6 Å². The number of halogens is 1. The van der Waals surface area contributed by atoms with Gasteiger partial charge in [0.05, 0.1) is 0 Å². The van der Waals surface area contributed by atoms with Crippen molar-refractivity contribution < 1.29 is 4.79 Å². The van der Waals surface area contributed by atoms with E-state index in [0.717, 1.165) is 30.6 Å². The van der Waals surface area contributed by atoms with Crippen molar-refractivity contribution in [1.29, 1.82) is 0 Å². The first kappa shape index (κ1) is 13.3. The standard InChI is InChI=1S/C17H16ClNO/c1-11-5-6-12(9-16(11)18)17(20)15-4-2-3-13-10-19-8-7-14(13)15/h2-6,9,19H,7-8,10H2,1H3. The van der Waals surface area contributed by atoms with Crippen molar-refractivity contribution in [1.82, 2.24) is 5.32 Å². The molecule has 2 aromatic carbocycles. The predicted octanol–water partition coefficient (Wildman–Crippen LogP) is 3.53. The minimum absolute atomic E-state index is 0.0608. The van der Waals surface area contributed by atoms with Crippen LogP contribution < -0.4 is 5.32 Å². The van der Waals surface area contributed by atoms with E-state index in [1.807, 2.05) is 31.2 Å². The summed E-state index contributed by atoms with van der Waals surface area (Å²) in [4.78, 5) is 12.7. The summed E-state index contributed by atoms with van der Waals surface area (Å²) < 4.78 is 0. The molecule has 2 nitrogen and oxygen atoms in total. The maximum atomic E-state index is 12.7. The number of fused-ring (bicyclic) bond motifs is 1. The topological polar surface area (TPSA) is 29.1 Å². The maximum Gasteiger partial charge on any atom is 0.193 e. The Kier molecular flexibility index (Phi) is 3.60. The molecule has 1 aliphatic heterocycles. The van der Waals surface area contributed by atoms with E-state index in [1.54, 1.807) is 6.07 Å². The molecule has 0 aliphatic carbocycles. The van der Waals surface area contributed by atoms with Crippen LogP contribution in [0.5, 0.6) is 0 Å². The highest BCUT2D eigenvalue weighted by Gasteiger charge is 2.18. The monoisotopic (exact) mass is 285 g/mol. The van der Waals surface area contributed by atoms with E-state index in [1.165, 1.54) is 11.1 Å².